The molecule has 1 amide bonds. The standard InChI is InChI=1S/C13H17ClN2O2/c1-9-8-10(14)2-3-11(9)16-6-5-15-13(18)12(16)4-7-17/h2-3,8,12,17H,4-7H2,1H3,(H,15,18). The van der Waals surface area contributed by atoms with Gasteiger partial charge in [0.1, 0.15) is 6.04 Å². The molecule has 1 heterocycles. The molecule has 1 fully saturated rings. The number of piperazine rings is 1. The number of carbonyl (C=O) groups is 1. The predicted molar refractivity (Wildman–Crippen MR) is 72.0 cm³/mol. The summed E-state index contributed by atoms with van der Waals surface area (Å²) in [5, 5.41) is 12.6. The van der Waals surface area contributed by atoms with E-state index in [0.29, 0.717) is 18.0 Å². The first-order valence-corrected chi connectivity index (χ1v) is 6.42. The Bertz CT molecular complexity index is 451. The van der Waals surface area contributed by atoms with Crippen molar-refractivity contribution in [3.8, 4) is 0 Å². The van der Waals surface area contributed by atoms with Crippen molar-refractivity contribution in [2.75, 3.05) is 24.6 Å². The van der Waals surface area contributed by atoms with Crippen molar-refractivity contribution in [2.24, 2.45) is 0 Å². The second-order valence-electron chi connectivity index (χ2n) is 4.44. The molecule has 5 heteroatoms. The Hall–Kier alpha value is -1.26. The fourth-order valence-corrected chi connectivity index (χ4v) is 2.58. The van der Waals surface area contributed by atoms with Crippen LogP contribution in [-0.2, 0) is 4.79 Å². The van der Waals surface area contributed by atoms with Gasteiger partial charge in [-0.05, 0) is 37.1 Å². The maximum Gasteiger partial charge on any atom is 0.242 e. The number of hydrogen-bond donors (Lipinski definition) is 2. The van der Waals surface area contributed by atoms with Crippen LogP contribution in [-0.4, -0.2) is 36.8 Å². The van der Waals surface area contributed by atoms with Gasteiger partial charge in [0.2, 0.25) is 5.91 Å². The molecule has 0 aliphatic carbocycles. The SMILES string of the molecule is Cc1cc(Cl)ccc1N1CCNC(=O)C1CCO. The molecular formula is C13H17ClN2O2. The number of anilines is 1. The number of nitrogens with one attached hydrogen (secondary N) is 1. The maximum atomic E-state index is 11.9. The zero-order valence-corrected chi connectivity index (χ0v) is 11.1. The van der Waals surface area contributed by atoms with Crippen LogP contribution >= 0.6 is 11.6 Å². The van der Waals surface area contributed by atoms with Crippen LogP contribution in [0.4, 0.5) is 5.69 Å². The number of hydrogen-bond acceptors (Lipinski definition) is 3. The summed E-state index contributed by atoms with van der Waals surface area (Å²) in [6, 6.07) is 5.34. The molecule has 1 aliphatic rings. The van der Waals surface area contributed by atoms with Crippen molar-refractivity contribution < 1.29 is 9.90 Å². The highest BCUT2D eigenvalue weighted by Gasteiger charge is 2.29. The molecule has 1 aromatic rings. The molecule has 0 saturated carbocycles. The molecule has 4 nitrogen and oxygen atoms in total. The van der Waals surface area contributed by atoms with E-state index in [1.165, 1.54) is 0 Å². The quantitative estimate of drug-likeness (QED) is 0.870. The minimum atomic E-state index is -0.302. The van der Waals surface area contributed by atoms with Gasteiger partial charge in [-0.1, -0.05) is 11.6 Å². The Morgan fingerprint density at radius 3 is 3.00 bits per heavy atom. The van der Waals surface area contributed by atoms with E-state index >= 15 is 0 Å². The fourth-order valence-electron chi connectivity index (χ4n) is 2.35. The lowest BCUT2D eigenvalue weighted by Gasteiger charge is -2.37. The molecule has 0 radical (unpaired) electrons. The molecule has 1 atom stereocenters. The van der Waals surface area contributed by atoms with Crippen molar-refractivity contribution >= 4 is 23.2 Å². The average molecular weight is 269 g/mol. The normalized spacial score (nSPS) is 19.8. The van der Waals surface area contributed by atoms with Crippen molar-refractivity contribution in [2.45, 2.75) is 19.4 Å². The molecule has 0 aromatic heterocycles. The molecule has 1 unspecified atom stereocenters. The van der Waals surface area contributed by atoms with Crippen LogP contribution in [0.3, 0.4) is 0 Å². The van der Waals surface area contributed by atoms with E-state index < -0.39 is 0 Å². The number of nitrogens with zero attached hydrogens (tertiary/aromatic N) is 1. The summed E-state index contributed by atoms with van der Waals surface area (Å²) in [7, 11) is 0. The third-order valence-corrected chi connectivity index (χ3v) is 3.44. The van der Waals surface area contributed by atoms with Gasteiger partial charge in [-0.3, -0.25) is 4.79 Å². The second-order valence-corrected chi connectivity index (χ2v) is 4.88. The van der Waals surface area contributed by atoms with Crippen LogP contribution in [0.2, 0.25) is 5.02 Å². The fraction of sp³-hybridized carbons (Fsp3) is 0.462. The van der Waals surface area contributed by atoms with Crippen molar-refractivity contribution in [3.63, 3.8) is 0 Å². The predicted octanol–water partition coefficient (Wildman–Crippen LogP) is 1.34. The van der Waals surface area contributed by atoms with E-state index in [1.54, 1.807) is 0 Å². The number of aliphatic hydroxyl groups is 1. The summed E-state index contributed by atoms with van der Waals surface area (Å²) in [6.07, 6.45) is 0.438. The van der Waals surface area contributed by atoms with Crippen LogP contribution in [0.1, 0.15) is 12.0 Å². The van der Waals surface area contributed by atoms with Gasteiger partial charge in [0, 0.05) is 30.4 Å². The summed E-state index contributed by atoms with van der Waals surface area (Å²) in [4.78, 5) is 13.9. The Balaban J connectivity index is 2.31. The van der Waals surface area contributed by atoms with Crippen LogP contribution < -0.4 is 10.2 Å². The zero-order valence-electron chi connectivity index (χ0n) is 10.3. The van der Waals surface area contributed by atoms with E-state index in [-0.39, 0.29) is 18.6 Å². The number of carbonyl (C=O) groups excluding carboxylic acids is 1. The van der Waals surface area contributed by atoms with E-state index in [0.717, 1.165) is 17.8 Å². The van der Waals surface area contributed by atoms with Crippen molar-refractivity contribution in [1.29, 1.82) is 0 Å². The second kappa shape index (κ2) is 5.59. The first-order chi connectivity index (χ1) is 8.63. The molecular weight excluding hydrogens is 252 g/mol. The van der Waals surface area contributed by atoms with Gasteiger partial charge in [-0.15, -0.1) is 0 Å². The number of amides is 1. The topological polar surface area (TPSA) is 52.6 Å². The first-order valence-electron chi connectivity index (χ1n) is 6.05. The van der Waals surface area contributed by atoms with Crippen LogP contribution in [0.5, 0.6) is 0 Å². The van der Waals surface area contributed by atoms with E-state index in [4.69, 9.17) is 16.7 Å². The zero-order chi connectivity index (χ0) is 13.1. The largest absolute Gasteiger partial charge is 0.396 e. The highest BCUT2D eigenvalue weighted by molar-refractivity contribution is 6.30. The molecule has 0 bridgehead atoms. The monoisotopic (exact) mass is 268 g/mol. The Labute approximate surface area is 112 Å². The highest BCUT2D eigenvalue weighted by atomic mass is 35.5. The number of aliphatic hydroxyl groups excluding tert-OH is 1. The number of aryl methyl sites for hydroxylation is 1. The summed E-state index contributed by atoms with van der Waals surface area (Å²) in [5.41, 5.74) is 2.05. The van der Waals surface area contributed by atoms with Gasteiger partial charge in [0.25, 0.3) is 0 Å². The molecule has 98 valence electrons. The summed E-state index contributed by atoms with van der Waals surface area (Å²) in [6.45, 7) is 3.35. The third kappa shape index (κ3) is 2.60. The van der Waals surface area contributed by atoms with Gasteiger partial charge in [0.05, 0.1) is 0 Å². The Morgan fingerprint density at radius 2 is 2.33 bits per heavy atom. The Morgan fingerprint density at radius 1 is 1.56 bits per heavy atom. The van der Waals surface area contributed by atoms with E-state index in [9.17, 15) is 4.79 Å². The smallest absolute Gasteiger partial charge is 0.242 e. The van der Waals surface area contributed by atoms with Crippen LogP contribution in [0, 0.1) is 6.92 Å². The van der Waals surface area contributed by atoms with E-state index in [1.807, 2.05) is 30.0 Å². The minimum absolute atomic E-state index is 0.00121. The lowest BCUT2D eigenvalue weighted by molar-refractivity contribution is -0.123. The summed E-state index contributed by atoms with van der Waals surface area (Å²) in [5.74, 6) is -0.0235. The van der Waals surface area contributed by atoms with Gasteiger partial charge >= 0.3 is 0 Å². The summed E-state index contributed by atoms with van der Waals surface area (Å²) < 4.78 is 0. The number of halogens is 1. The molecule has 18 heavy (non-hydrogen) atoms. The molecule has 1 saturated heterocycles. The van der Waals surface area contributed by atoms with Gasteiger partial charge in [0.15, 0.2) is 0 Å². The molecule has 2 N–H and O–H groups in total. The van der Waals surface area contributed by atoms with Gasteiger partial charge in [-0.25, -0.2) is 0 Å². The minimum Gasteiger partial charge on any atom is -0.396 e. The lowest BCUT2D eigenvalue weighted by Crippen LogP contribution is -2.56. The molecule has 1 aliphatic heterocycles. The summed E-state index contributed by atoms with van der Waals surface area (Å²) >= 11 is 5.94. The molecule has 1 aromatic carbocycles. The molecule has 0 spiro atoms. The number of rotatable bonds is 3. The highest BCUT2D eigenvalue weighted by Crippen LogP contribution is 2.26. The van der Waals surface area contributed by atoms with Crippen LogP contribution in [0.25, 0.3) is 0 Å². The number of benzene rings is 1. The third-order valence-electron chi connectivity index (χ3n) is 3.20. The molecule has 2 rings (SSSR count). The van der Waals surface area contributed by atoms with Crippen molar-refractivity contribution in [1.82, 2.24) is 5.32 Å². The van der Waals surface area contributed by atoms with Crippen molar-refractivity contribution in [3.05, 3.63) is 28.8 Å². The maximum absolute atomic E-state index is 11.9. The lowest BCUT2D eigenvalue weighted by atomic mass is 10.1. The van der Waals surface area contributed by atoms with E-state index in [2.05, 4.69) is 5.32 Å². The van der Waals surface area contributed by atoms with Gasteiger partial charge < -0.3 is 15.3 Å². The average Bonchev–Trinajstić information content (AvgIpc) is 2.32. The Kier molecular flexibility index (Phi) is 4.09. The van der Waals surface area contributed by atoms with Gasteiger partial charge in [-0.2, -0.15) is 0 Å². The van der Waals surface area contributed by atoms with Crippen LogP contribution in [0.15, 0.2) is 18.2 Å². The first kappa shape index (κ1) is 13.2.